The van der Waals surface area contributed by atoms with Gasteiger partial charge in [0, 0.05) is 54.4 Å². The van der Waals surface area contributed by atoms with Gasteiger partial charge in [-0.3, -0.25) is 14.4 Å². The van der Waals surface area contributed by atoms with Crippen molar-refractivity contribution in [3.05, 3.63) is 23.3 Å². The zero-order valence-corrected chi connectivity index (χ0v) is 27.3. The molecular weight excluding hydrogens is 564 g/mol. The van der Waals surface area contributed by atoms with E-state index in [-0.39, 0.29) is 17.6 Å². The lowest BCUT2D eigenvalue weighted by atomic mass is 9.59. The van der Waals surface area contributed by atoms with Gasteiger partial charge < -0.3 is 24.8 Å². The van der Waals surface area contributed by atoms with Crippen LogP contribution in [0.5, 0.6) is 0 Å². The van der Waals surface area contributed by atoms with E-state index in [4.69, 9.17) is 9.47 Å². The fourth-order valence-corrected chi connectivity index (χ4v) is 8.96. The number of carbonyl (C=O) groups excluding carboxylic acids is 3. The fourth-order valence-electron chi connectivity index (χ4n) is 8.96. The van der Waals surface area contributed by atoms with Gasteiger partial charge in [0.2, 0.25) is 0 Å². The third kappa shape index (κ3) is 5.57. The van der Waals surface area contributed by atoms with Crippen molar-refractivity contribution < 1.29 is 44.0 Å². The molecule has 4 rings (SSSR count). The number of Topliss-reactive ketones (excluding diaryl/α,β-unsaturated/α-hetero) is 1. The Hall–Kier alpha value is -2.52. The quantitative estimate of drug-likeness (QED) is 0.171. The van der Waals surface area contributed by atoms with Gasteiger partial charge in [-0.2, -0.15) is 0 Å². The molecule has 8 atom stereocenters. The first-order chi connectivity index (χ1) is 20.6. The van der Waals surface area contributed by atoms with Gasteiger partial charge in [-0.05, 0) is 18.9 Å². The second-order valence-electron chi connectivity index (χ2n) is 14.4. The summed E-state index contributed by atoms with van der Waals surface area (Å²) in [6, 6.07) is 0. The highest BCUT2D eigenvalue weighted by Gasteiger charge is 2.88. The number of hydrogen-bond donors (Lipinski definition) is 3. The number of rotatable bonds is 14. The number of aliphatic hydroxyl groups is 2. The molecule has 0 aromatic rings. The van der Waals surface area contributed by atoms with Gasteiger partial charge in [-0.15, -0.1) is 0 Å². The highest BCUT2D eigenvalue weighted by molar-refractivity contribution is 6.05. The van der Waals surface area contributed by atoms with Crippen molar-refractivity contribution in [3.63, 3.8) is 0 Å². The third-order valence-electron chi connectivity index (χ3n) is 11.3. The van der Waals surface area contributed by atoms with Crippen molar-refractivity contribution in [1.82, 2.24) is 0 Å². The van der Waals surface area contributed by atoms with Crippen LogP contribution in [0.4, 0.5) is 0 Å². The molecule has 8 unspecified atom stereocenters. The van der Waals surface area contributed by atoms with E-state index < -0.39 is 82.1 Å². The molecule has 44 heavy (non-hydrogen) atoms. The molecule has 2 fully saturated rings. The molecule has 0 amide bonds. The molecule has 4 aliphatic rings. The summed E-state index contributed by atoms with van der Waals surface area (Å²) >= 11 is 0. The summed E-state index contributed by atoms with van der Waals surface area (Å²) in [4.78, 5) is 51.4. The monoisotopic (exact) mass is 616 g/mol. The second kappa shape index (κ2) is 12.7. The minimum absolute atomic E-state index is 0.177. The first kappa shape index (κ1) is 34.4. The second-order valence-corrected chi connectivity index (χ2v) is 14.4. The summed E-state index contributed by atoms with van der Waals surface area (Å²) in [6.07, 6.45) is 12.8. The lowest BCUT2D eigenvalue weighted by Gasteiger charge is -2.53. The standard InChI is InChI=1S/C35H52O9/c1-7-8-9-10-11-12-13-14-15-16-17-27(37)43-30-22(3)34(42)25(28-32(5,6)35(28,30)44-23(4)36)19-24(31(39)40)20-33(41)26(34)18-21(2)29(33)38/h18-19,22,25-26,28,30,41-42H,7-17,20H2,1-6H3,(H,39,40). The van der Waals surface area contributed by atoms with E-state index in [2.05, 4.69) is 6.92 Å². The fraction of sp³-hybridized carbons (Fsp3) is 0.771. The maximum Gasteiger partial charge on any atom is 0.331 e. The number of esters is 2. The van der Waals surface area contributed by atoms with Gasteiger partial charge in [-0.25, -0.2) is 4.79 Å². The van der Waals surface area contributed by atoms with E-state index in [1.54, 1.807) is 13.8 Å². The largest absolute Gasteiger partial charge is 0.478 e. The Morgan fingerprint density at radius 3 is 2.07 bits per heavy atom. The predicted molar refractivity (Wildman–Crippen MR) is 163 cm³/mol. The normalized spacial score (nSPS) is 36.6. The molecule has 9 nitrogen and oxygen atoms in total. The van der Waals surface area contributed by atoms with Crippen molar-refractivity contribution in [3.8, 4) is 0 Å². The van der Waals surface area contributed by atoms with Crippen LogP contribution in [0.2, 0.25) is 0 Å². The molecule has 246 valence electrons. The van der Waals surface area contributed by atoms with Crippen LogP contribution in [0, 0.1) is 29.1 Å². The number of ketones is 1. The predicted octanol–water partition coefficient (Wildman–Crippen LogP) is 5.46. The van der Waals surface area contributed by atoms with Crippen LogP contribution >= 0.6 is 0 Å². The average Bonchev–Trinajstić information content (AvgIpc) is 3.37. The van der Waals surface area contributed by atoms with Crippen LogP contribution in [0.25, 0.3) is 0 Å². The zero-order valence-electron chi connectivity index (χ0n) is 27.3. The van der Waals surface area contributed by atoms with Gasteiger partial charge in [0.05, 0.1) is 5.60 Å². The lowest BCUT2D eigenvalue weighted by Crippen LogP contribution is -2.66. The molecular formula is C35H52O9. The van der Waals surface area contributed by atoms with Gasteiger partial charge in [0.25, 0.3) is 0 Å². The Balaban J connectivity index is 1.58. The molecule has 0 spiro atoms. The number of fused-ring (bicyclic) bond motifs is 5. The Morgan fingerprint density at radius 2 is 1.52 bits per heavy atom. The molecule has 0 aromatic heterocycles. The maximum atomic E-state index is 13.3. The van der Waals surface area contributed by atoms with Gasteiger partial charge in [-0.1, -0.05) is 97.6 Å². The summed E-state index contributed by atoms with van der Waals surface area (Å²) in [5.74, 6) is -6.56. The summed E-state index contributed by atoms with van der Waals surface area (Å²) in [7, 11) is 0. The van der Waals surface area contributed by atoms with E-state index in [1.807, 2.05) is 13.8 Å². The number of carboxylic acids is 1. The molecule has 0 radical (unpaired) electrons. The number of hydrogen-bond acceptors (Lipinski definition) is 8. The topological polar surface area (TPSA) is 147 Å². The molecule has 2 saturated carbocycles. The SMILES string of the molecule is CCCCCCCCCCCCC(=O)OC1C(C)C2(O)C(C=C(C(=O)O)CC3(O)C(=O)C(C)=CC32)C2C(C)(C)C12OC(C)=O. The molecule has 0 bridgehead atoms. The Kier molecular flexibility index (Phi) is 9.92. The summed E-state index contributed by atoms with van der Waals surface area (Å²) in [6.45, 7) is 10.4. The number of aliphatic carboxylic acids is 1. The minimum Gasteiger partial charge on any atom is -0.478 e. The molecule has 9 heteroatoms. The minimum atomic E-state index is -2.17. The Morgan fingerprint density at radius 1 is 0.955 bits per heavy atom. The molecule has 3 N–H and O–H groups in total. The van der Waals surface area contributed by atoms with Gasteiger partial charge in [0.1, 0.15) is 11.7 Å². The average molecular weight is 617 g/mol. The van der Waals surface area contributed by atoms with E-state index in [9.17, 15) is 34.5 Å². The van der Waals surface area contributed by atoms with Gasteiger partial charge in [0.15, 0.2) is 11.4 Å². The first-order valence-corrected chi connectivity index (χ1v) is 16.6. The molecule has 0 aliphatic heterocycles. The van der Waals surface area contributed by atoms with Crippen LogP contribution in [-0.2, 0) is 28.7 Å². The van der Waals surface area contributed by atoms with Crippen molar-refractivity contribution in [2.75, 3.05) is 0 Å². The number of carbonyl (C=O) groups is 4. The smallest absolute Gasteiger partial charge is 0.331 e. The van der Waals surface area contributed by atoms with Crippen LogP contribution in [0.3, 0.4) is 0 Å². The number of carboxylic acid groups (broad SMARTS) is 1. The van der Waals surface area contributed by atoms with Crippen LogP contribution < -0.4 is 0 Å². The highest BCUT2D eigenvalue weighted by Crippen LogP contribution is 2.77. The Bertz CT molecular complexity index is 1220. The van der Waals surface area contributed by atoms with Crippen molar-refractivity contribution in [1.29, 1.82) is 0 Å². The van der Waals surface area contributed by atoms with E-state index >= 15 is 0 Å². The van der Waals surface area contributed by atoms with E-state index in [0.717, 1.165) is 19.3 Å². The highest BCUT2D eigenvalue weighted by atomic mass is 16.6. The molecule has 4 aliphatic carbocycles. The van der Waals surface area contributed by atoms with Crippen LogP contribution in [0.1, 0.15) is 119 Å². The zero-order chi connectivity index (χ0) is 32.7. The van der Waals surface area contributed by atoms with Crippen molar-refractivity contribution in [2.24, 2.45) is 29.1 Å². The molecule has 0 saturated heterocycles. The third-order valence-corrected chi connectivity index (χ3v) is 11.3. The summed E-state index contributed by atoms with van der Waals surface area (Å²) < 4.78 is 12.2. The van der Waals surface area contributed by atoms with Crippen LogP contribution in [0.15, 0.2) is 23.3 Å². The molecule has 0 aromatic carbocycles. The van der Waals surface area contributed by atoms with Gasteiger partial charge >= 0.3 is 17.9 Å². The van der Waals surface area contributed by atoms with Crippen molar-refractivity contribution >= 4 is 23.7 Å². The van der Waals surface area contributed by atoms with E-state index in [0.29, 0.717) is 6.42 Å². The lowest BCUT2D eigenvalue weighted by molar-refractivity contribution is -0.228. The van der Waals surface area contributed by atoms with Crippen molar-refractivity contribution in [2.45, 2.75) is 141 Å². The summed E-state index contributed by atoms with van der Waals surface area (Å²) in [5.41, 5.74) is -6.11. The van der Waals surface area contributed by atoms with Crippen LogP contribution in [-0.4, -0.2) is 61.9 Å². The maximum absolute atomic E-state index is 13.3. The molecule has 0 heterocycles. The first-order valence-electron chi connectivity index (χ1n) is 16.6. The number of ether oxygens (including phenoxy) is 2. The summed E-state index contributed by atoms with van der Waals surface area (Å²) in [5, 5.41) is 34.5. The van der Waals surface area contributed by atoms with E-state index in [1.165, 1.54) is 57.6 Å². The Labute approximate surface area is 261 Å². The number of unbranched alkanes of at least 4 members (excludes halogenated alkanes) is 9.